The van der Waals surface area contributed by atoms with E-state index in [-0.39, 0.29) is 0 Å². The first-order valence-electron chi connectivity index (χ1n) is 5.77. The fourth-order valence-electron chi connectivity index (χ4n) is 2.03. The molecule has 0 bridgehead atoms. The molecule has 2 aromatic carbocycles. The molecule has 0 saturated heterocycles. The predicted molar refractivity (Wildman–Crippen MR) is 69.9 cm³/mol. The van der Waals surface area contributed by atoms with Crippen LogP contribution in [0.15, 0.2) is 42.5 Å². The summed E-state index contributed by atoms with van der Waals surface area (Å²) in [5.41, 5.74) is 6.89. The van der Waals surface area contributed by atoms with Crippen LogP contribution in [0.5, 0.6) is 0 Å². The summed E-state index contributed by atoms with van der Waals surface area (Å²) >= 11 is 0. The Morgan fingerprint density at radius 1 is 0.812 bits per heavy atom. The molecule has 0 aliphatic carbocycles. The maximum absolute atomic E-state index is 2.29. The highest BCUT2D eigenvalue weighted by atomic mass is 14.1. The van der Waals surface area contributed by atoms with Crippen molar-refractivity contribution in [1.82, 2.24) is 0 Å². The number of aryl methyl sites for hydroxylation is 3. The molecule has 0 radical (unpaired) electrons. The van der Waals surface area contributed by atoms with Crippen molar-refractivity contribution >= 4 is 0 Å². The minimum atomic E-state index is 1.04. The summed E-state index contributed by atoms with van der Waals surface area (Å²) in [5.74, 6) is 0. The van der Waals surface area contributed by atoms with Crippen molar-refractivity contribution in [3.63, 3.8) is 0 Å². The van der Waals surface area contributed by atoms with E-state index in [0.29, 0.717) is 0 Å². The zero-order chi connectivity index (χ0) is 11.5. The van der Waals surface area contributed by atoms with E-state index in [2.05, 4.69) is 63.2 Å². The number of hydrogen-bond acceptors (Lipinski definition) is 0. The molecule has 2 aromatic rings. The third kappa shape index (κ3) is 2.52. The maximum Gasteiger partial charge on any atom is -0.00230 e. The lowest BCUT2D eigenvalue weighted by Gasteiger charge is -2.07. The fourth-order valence-corrected chi connectivity index (χ4v) is 2.03. The highest BCUT2D eigenvalue weighted by Crippen LogP contribution is 2.16. The summed E-state index contributed by atoms with van der Waals surface area (Å²) in [6.45, 7) is 6.48. The number of rotatable bonds is 2. The van der Waals surface area contributed by atoms with Gasteiger partial charge in [-0.15, -0.1) is 0 Å². The Morgan fingerprint density at radius 2 is 1.56 bits per heavy atom. The van der Waals surface area contributed by atoms with Gasteiger partial charge in [-0.1, -0.05) is 53.6 Å². The lowest BCUT2D eigenvalue weighted by atomic mass is 9.98. The van der Waals surface area contributed by atoms with Gasteiger partial charge in [0.25, 0.3) is 0 Å². The van der Waals surface area contributed by atoms with Crippen LogP contribution < -0.4 is 0 Å². The van der Waals surface area contributed by atoms with E-state index in [0.717, 1.165) is 6.42 Å². The molecule has 0 atom stereocenters. The van der Waals surface area contributed by atoms with Gasteiger partial charge in [0.05, 0.1) is 0 Å². The number of hydrogen-bond donors (Lipinski definition) is 0. The molecule has 0 heteroatoms. The van der Waals surface area contributed by atoms with Crippen LogP contribution in [0.2, 0.25) is 0 Å². The quantitative estimate of drug-likeness (QED) is 0.696. The molecular weight excluding hydrogens is 192 g/mol. The van der Waals surface area contributed by atoms with Crippen LogP contribution in [0.25, 0.3) is 0 Å². The van der Waals surface area contributed by atoms with Crippen molar-refractivity contribution in [2.75, 3.05) is 0 Å². The molecule has 0 nitrogen and oxygen atoms in total. The van der Waals surface area contributed by atoms with E-state index >= 15 is 0 Å². The van der Waals surface area contributed by atoms with Crippen LogP contribution in [0, 0.1) is 20.8 Å². The Balaban J connectivity index is 2.30. The molecule has 0 amide bonds. The van der Waals surface area contributed by atoms with E-state index in [1.54, 1.807) is 0 Å². The normalized spacial score (nSPS) is 10.4. The fraction of sp³-hybridized carbons (Fsp3) is 0.250. The third-order valence-corrected chi connectivity index (χ3v) is 2.98. The lowest BCUT2D eigenvalue weighted by Crippen LogP contribution is -1.93. The Labute approximate surface area is 97.9 Å². The second-order valence-electron chi connectivity index (χ2n) is 4.60. The SMILES string of the molecule is Cc1cccc(Cc2cc(C)ccc2C)c1. The van der Waals surface area contributed by atoms with Crippen molar-refractivity contribution in [1.29, 1.82) is 0 Å². The average Bonchev–Trinajstić information content (AvgIpc) is 2.24. The molecule has 0 spiro atoms. The summed E-state index contributed by atoms with van der Waals surface area (Å²) in [6, 6.07) is 15.4. The largest absolute Gasteiger partial charge is 0.0617 e. The first-order valence-corrected chi connectivity index (χ1v) is 5.77. The molecule has 0 aliphatic rings. The van der Waals surface area contributed by atoms with Crippen molar-refractivity contribution in [2.24, 2.45) is 0 Å². The van der Waals surface area contributed by atoms with Gasteiger partial charge in [0.1, 0.15) is 0 Å². The molecule has 0 saturated carbocycles. The average molecular weight is 210 g/mol. The maximum atomic E-state index is 2.29. The van der Waals surface area contributed by atoms with E-state index < -0.39 is 0 Å². The van der Waals surface area contributed by atoms with Crippen LogP contribution >= 0.6 is 0 Å². The highest BCUT2D eigenvalue weighted by Gasteiger charge is 2.00. The predicted octanol–water partition coefficient (Wildman–Crippen LogP) is 4.20. The second-order valence-corrected chi connectivity index (χ2v) is 4.60. The second kappa shape index (κ2) is 4.52. The van der Waals surface area contributed by atoms with E-state index in [4.69, 9.17) is 0 Å². The molecule has 0 heterocycles. The van der Waals surface area contributed by atoms with Gasteiger partial charge >= 0.3 is 0 Å². The van der Waals surface area contributed by atoms with Gasteiger partial charge in [-0.2, -0.15) is 0 Å². The topological polar surface area (TPSA) is 0 Å². The van der Waals surface area contributed by atoms with Gasteiger partial charge in [-0.3, -0.25) is 0 Å². The number of benzene rings is 2. The Morgan fingerprint density at radius 3 is 2.31 bits per heavy atom. The zero-order valence-corrected chi connectivity index (χ0v) is 10.2. The molecular formula is C16H18. The summed E-state index contributed by atoms with van der Waals surface area (Å²) < 4.78 is 0. The Bertz CT molecular complexity index is 495. The van der Waals surface area contributed by atoms with E-state index in [1.165, 1.54) is 27.8 Å². The minimum absolute atomic E-state index is 1.04. The van der Waals surface area contributed by atoms with Crippen molar-refractivity contribution in [3.05, 3.63) is 70.3 Å². The smallest absolute Gasteiger partial charge is 0.00230 e. The minimum Gasteiger partial charge on any atom is -0.0617 e. The van der Waals surface area contributed by atoms with Gasteiger partial charge in [0.15, 0.2) is 0 Å². The Kier molecular flexibility index (Phi) is 3.09. The first kappa shape index (κ1) is 10.9. The van der Waals surface area contributed by atoms with Gasteiger partial charge in [-0.25, -0.2) is 0 Å². The molecule has 0 N–H and O–H groups in total. The molecule has 16 heavy (non-hydrogen) atoms. The van der Waals surface area contributed by atoms with Gasteiger partial charge < -0.3 is 0 Å². The molecule has 0 aromatic heterocycles. The highest BCUT2D eigenvalue weighted by molar-refractivity contribution is 5.35. The molecule has 0 unspecified atom stereocenters. The summed E-state index contributed by atoms with van der Waals surface area (Å²) in [7, 11) is 0. The standard InChI is InChI=1S/C16H18/c1-12-5-4-6-15(9-12)11-16-10-13(2)7-8-14(16)3/h4-10H,11H2,1-3H3. The first-order chi connectivity index (χ1) is 7.65. The zero-order valence-electron chi connectivity index (χ0n) is 10.2. The summed E-state index contributed by atoms with van der Waals surface area (Å²) in [5, 5.41) is 0. The van der Waals surface area contributed by atoms with Crippen molar-refractivity contribution in [3.8, 4) is 0 Å². The third-order valence-electron chi connectivity index (χ3n) is 2.98. The summed E-state index contributed by atoms with van der Waals surface area (Å²) in [6.07, 6.45) is 1.04. The van der Waals surface area contributed by atoms with E-state index in [1.807, 2.05) is 0 Å². The lowest BCUT2D eigenvalue weighted by molar-refractivity contribution is 1.14. The monoisotopic (exact) mass is 210 g/mol. The van der Waals surface area contributed by atoms with Crippen LogP contribution in [-0.4, -0.2) is 0 Å². The van der Waals surface area contributed by atoms with Crippen LogP contribution in [0.3, 0.4) is 0 Å². The Hall–Kier alpha value is -1.56. The van der Waals surface area contributed by atoms with Gasteiger partial charge in [0, 0.05) is 0 Å². The van der Waals surface area contributed by atoms with Crippen LogP contribution in [0.4, 0.5) is 0 Å². The van der Waals surface area contributed by atoms with Crippen LogP contribution in [0.1, 0.15) is 27.8 Å². The molecule has 82 valence electrons. The van der Waals surface area contributed by atoms with Gasteiger partial charge in [-0.05, 0) is 43.9 Å². The van der Waals surface area contributed by atoms with Gasteiger partial charge in [0.2, 0.25) is 0 Å². The summed E-state index contributed by atoms with van der Waals surface area (Å²) in [4.78, 5) is 0. The molecule has 2 rings (SSSR count). The van der Waals surface area contributed by atoms with E-state index in [9.17, 15) is 0 Å². The molecule has 0 aliphatic heterocycles. The van der Waals surface area contributed by atoms with Crippen molar-refractivity contribution in [2.45, 2.75) is 27.2 Å². The van der Waals surface area contributed by atoms with Crippen molar-refractivity contribution < 1.29 is 0 Å². The van der Waals surface area contributed by atoms with Crippen LogP contribution in [-0.2, 0) is 6.42 Å². The molecule has 0 fully saturated rings.